The zero-order valence-corrected chi connectivity index (χ0v) is 12.5. The molecular formula is C14H20ClN3O2. The summed E-state index contributed by atoms with van der Waals surface area (Å²) < 4.78 is 0. The summed E-state index contributed by atoms with van der Waals surface area (Å²) in [5, 5.41) is 2.57. The van der Waals surface area contributed by atoms with Gasteiger partial charge in [0.2, 0.25) is 5.91 Å². The topological polar surface area (TPSA) is 75.4 Å². The molecular weight excluding hydrogens is 278 g/mol. The Hall–Kier alpha value is -1.59. The van der Waals surface area contributed by atoms with Gasteiger partial charge in [0, 0.05) is 26.2 Å². The molecule has 1 aromatic carbocycles. The van der Waals surface area contributed by atoms with Crippen molar-refractivity contribution in [3.8, 4) is 0 Å². The number of carbonyl (C=O) groups is 2. The molecule has 0 heterocycles. The molecule has 2 rings (SSSR count). The van der Waals surface area contributed by atoms with E-state index in [0.717, 1.165) is 18.4 Å². The van der Waals surface area contributed by atoms with Crippen molar-refractivity contribution in [1.82, 2.24) is 10.2 Å². The van der Waals surface area contributed by atoms with Gasteiger partial charge in [-0.1, -0.05) is 12.1 Å². The van der Waals surface area contributed by atoms with Gasteiger partial charge in [0.15, 0.2) is 0 Å². The molecule has 0 atom stereocenters. The molecule has 6 heteroatoms. The van der Waals surface area contributed by atoms with Crippen LogP contribution in [0.3, 0.4) is 0 Å². The number of nitrogens with zero attached hydrogens (tertiary/aromatic N) is 1. The van der Waals surface area contributed by atoms with Gasteiger partial charge in [0.1, 0.15) is 0 Å². The van der Waals surface area contributed by atoms with Crippen LogP contribution in [0.4, 0.5) is 0 Å². The van der Waals surface area contributed by atoms with Crippen LogP contribution in [0.15, 0.2) is 24.3 Å². The number of rotatable bonds is 4. The van der Waals surface area contributed by atoms with Crippen molar-refractivity contribution in [1.29, 1.82) is 0 Å². The minimum Gasteiger partial charge on any atom is -0.355 e. The Balaban J connectivity index is 0.00000200. The maximum Gasteiger partial charge on any atom is 0.251 e. The quantitative estimate of drug-likeness (QED) is 0.868. The van der Waals surface area contributed by atoms with Crippen molar-refractivity contribution < 1.29 is 9.59 Å². The maximum atomic E-state index is 12.0. The minimum atomic E-state index is -0.628. The first-order valence-electron chi connectivity index (χ1n) is 6.32. The van der Waals surface area contributed by atoms with Crippen molar-refractivity contribution in [3.05, 3.63) is 35.4 Å². The SMILES string of the molecule is CNC(=O)c1ccc(CN(C)C(=O)C2(N)CC2)cc1.Cl. The molecule has 1 fully saturated rings. The molecule has 0 spiro atoms. The fourth-order valence-electron chi connectivity index (χ4n) is 1.98. The van der Waals surface area contributed by atoms with Gasteiger partial charge >= 0.3 is 0 Å². The molecule has 0 unspecified atom stereocenters. The predicted octanol–water partition coefficient (Wildman–Crippen LogP) is 0.918. The van der Waals surface area contributed by atoms with E-state index in [1.165, 1.54) is 0 Å². The highest BCUT2D eigenvalue weighted by Gasteiger charge is 2.47. The highest BCUT2D eigenvalue weighted by atomic mass is 35.5. The van der Waals surface area contributed by atoms with E-state index in [2.05, 4.69) is 5.32 Å². The van der Waals surface area contributed by atoms with Crippen LogP contribution < -0.4 is 11.1 Å². The summed E-state index contributed by atoms with van der Waals surface area (Å²) in [6.07, 6.45) is 1.54. The molecule has 1 aliphatic carbocycles. The highest BCUT2D eigenvalue weighted by Crippen LogP contribution is 2.34. The molecule has 3 N–H and O–H groups in total. The fourth-order valence-corrected chi connectivity index (χ4v) is 1.98. The first-order valence-corrected chi connectivity index (χ1v) is 6.32. The summed E-state index contributed by atoms with van der Waals surface area (Å²) in [5.74, 6) is -0.127. The van der Waals surface area contributed by atoms with Gasteiger partial charge in [-0.15, -0.1) is 12.4 Å². The van der Waals surface area contributed by atoms with Crippen LogP contribution in [0.1, 0.15) is 28.8 Å². The Morgan fingerprint density at radius 1 is 1.30 bits per heavy atom. The van der Waals surface area contributed by atoms with E-state index >= 15 is 0 Å². The Morgan fingerprint density at radius 3 is 2.30 bits per heavy atom. The number of halogens is 1. The molecule has 110 valence electrons. The third kappa shape index (κ3) is 3.49. The number of nitrogens with two attached hydrogens (primary N) is 1. The van der Waals surface area contributed by atoms with Crippen LogP contribution in [0.25, 0.3) is 0 Å². The number of amides is 2. The van der Waals surface area contributed by atoms with Crippen molar-refractivity contribution in [2.75, 3.05) is 14.1 Å². The standard InChI is InChI=1S/C14H19N3O2.ClH/c1-16-12(18)11-5-3-10(4-6-11)9-17(2)13(19)14(15)7-8-14;/h3-6H,7-9,15H2,1-2H3,(H,16,18);1H. The van der Waals surface area contributed by atoms with Gasteiger partial charge in [0.05, 0.1) is 5.54 Å². The molecule has 0 radical (unpaired) electrons. The number of hydrogen-bond acceptors (Lipinski definition) is 3. The summed E-state index contributed by atoms with van der Waals surface area (Å²) in [6.45, 7) is 0.506. The Kier molecular flexibility index (Phi) is 5.14. The van der Waals surface area contributed by atoms with Gasteiger partial charge in [0.25, 0.3) is 5.91 Å². The maximum absolute atomic E-state index is 12.0. The molecule has 20 heavy (non-hydrogen) atoms. The van der Waals surface area contributed by atoms with Crippen LogP contribution in [-0.2, 0) is 11.3 Å². The molecule has 1 saturated carbocycles. The van der Waals surface area contributed by atoms with Crippen LogP contribution in [0, 0.1) is 0 Å². The molecule has 0 saturated heterocycles. The van der Waals surface area contributed by atoms with E-state index < -0.39 is 5.54 Å². The van der Waals surface area contributed by atoms with Crippen molar-refractivity contribution in [2.24, 2.45) is 5.73 Å². The summed E-state index contributed by atoms with van der Waals surface area (Å²) in [5.41, 5.74) is 6.84. The summed E-state index contributed by atoms with van der Waals surface area (Å²) in [4.78, 5) is 25.0. The molecule has 0 aliphatic heterocycles. The second-order valence-electron chi connectivity index (χ2n) is 5.09. The van der Waals surface area contributed by atoms with Crippen LogP contribution >= 0.6 is 12.4 Å². The fraction of sp³-hybridized carbons (Fsp3) is 0.429. The molecule has 5 nitrogen and oxygen atoms in total. The lowest BCUT2D eigenvalue weighted by atomic mass is 10.1. The zero-order chi connectivity index (χ0) is 14.0. The lowest BCUT2D eigenvalue weighted by molar-refractivity contribution is -0.132. The van der Waals surface area contributed by atoms with Crippen molar-refractivity contribution in [2.45, 2.75) is 24.9 Å². The average Bonchev–Trinajstić information content (AvgIpc) is 3.17. The Bertz CT molecular complexity index is 498. The number of nitrogens with one attached hydrogen (secondary N) is 1. The van der Waals surface area contributed by atoms with E-state index in [4.69, 9.17) is 5.73 Å². The molecule has 2 amide bonds. The first kappa shape index (κ1) is 16.5. The van der Waals surface area contributed by atoms with E-state index in [1.54, 1.807) is 31.1 Å². The lowest BCUT2D eigenvalue weighted by Crippen LogP contribution is -2.43. The molecule has 0 aromatic heterocycles. The molecule has 0 bridgehead atoms. The van der Waals surface area contributed by atoms with Gasteiger partial charge < -0.3 is 16.0 Å². The van der Waals surface area contributed by atoms with Crippen molar-refractivity contribution in [3.63, 3.8) is 0 Å². The van der Waals surface area contributed by atoms with E-state index in [0.29, 0.717) is 12.1 Å². The summed E-state index contributed by atoms with van der Waals surface area (Å²) in [7, 11) is 3.35. The minimum absolute atomic E-state index is 0. The summed E-state index contributed by atoms with van der Waals surface area (Å²) >= 11 is 0. The third-order valence-corrected chi connectivity index (χ3v) is 3.42. The number of likely N-dealkylation sites (N-methyl/N-ethyl adjacent to an activating group) is 1. The third-order valence-electron chi connectivity index (χ3n) is 3.42. The van der Waals surface area contributed by atoms with E-state index in [1.807, 2.05) is 12.1 Å². The van der Waals surface area contributed by atoms with Gasteiger partial charge in [-0.05, 0) is 30.5 Å². The molecule has 1 aliphatic rings. The van der Waals surface area contributed by atoms with Gasteiger partial charge in [-0.25, -0.2) is 0 Å². The number of benzene rings is 1. The monoisotopic (exact) mass is 297 g/mol. The predicted molar refractivity (Wildman–Crippen MR) is 79.7 cm³/mol. The smallest absolute Gasteiger partial charge is 0.251 e. The zero-order valence-electron chi connectivity index (χ0n) is 11.7. The molecule has 1 aromatic rings. The average molecular weight is 298 g/mol. The van der Waals surface area contributed by atoms with E-state index in [9.17, 15) is 9.59 Å². The highest BCUT2D eigenvalue weighted by molar-refractivity contribution is 5.94. The van der Waals surface area contributed by atoms with Crippen LogP contribution in [0.2, 0.25) is 0 Å². The second kappa shape index (κ2) is 6.24. The lowest BCUT2D eigenvalue weighted by Gasteiger charge is -2.21. The Morgan fingerprint density at radius 2 is 1.85 bits per heavy atom. The largest absolute Gasteiger partial charge is 0.355 e. The number of hydrogen-bond donors (Lipinski definition) is 2. The van der Waals surface area contributed by atoms with E-state index in [-0.39, 0.29) is 24.2 Å². The normalized spacial score (nSPS) is 14.9. The van der Waals surface area contributed by atoms with Gasteiger partial charge in [-0.2, -0.15) is 0 Å². The summed E-state index contributed by atoms with van der Waals surface area (Å²) in [6, 6.07) is 7.21. The van der Waals surface area contributed by atoms with Gasteiger partial charge in [-0.3, -0.25) is 9.59 Å². The van der Waals surface area contributed by atoms with Crippen LogP contribution in [-0.4, -0.2) is 36.3 Å². The second-order valence-corrected chi connectivity index (χ2v) is 5.09. The van der Waals surface area contributed by atoms with Crippen LogP contribution in [0.5, 0.6) is 0 Å². The first-order chi connectivity index (χ1) is 8.96. The number of carbonyl (C=O) groups excluding carboxylic acids is 2. The van der Waals surface area contributed by atoms with Crippen molar-refractivity contribution >= 4 is 24.2 Å². The Labute approximate surface area is 124 Å².